The highest BCUT2D eigenvalue weighted by Gasteiger charge is 2.46. The highest BCUT2D eigenvalue weighted by Crippen LogP contribution is 2.52. The Labute approximate surface area is 291 Å². The van der Waals surface area contributed by atoms with Gasteiger partial charge in [0.25, 0.3) is 0 Å². The van der Waals surface area contributed by atoms with Gasteiger partial charge < -0.3 is 69.7 Å². The van der Waals surface area contributed by atoms with Gasteiger partial charge in [0, 0.05) is 29.8 Å². The van der Waals surface area contributed by atoms with Crippen molar-refractivity contribution in [2.45, 2.75) is 42.7 Å². The van der Waals surface area contributed by atoms with E-state index in [2.05, 4.69) is 0 Å². The van der Waals surface area contributed by atoms with Gasteiger partial charge in [0.1, 0.15) is 87.3 Å². The number of aliphatic hydroxyl groups is 4. The van der Waals surface area contributed by atoms with Crippen molar-refractivity contribution in [3.05, 3.63) is 93.6 Å². The van der Waals surface area contributed by atoms with Crippen LogP contribution in [0.15, 0.2) is 75.9 Å². The molecule has 7 rings (SSSR count). The molecule has 10 N–H and O–H groups in total. The minimum absolute atomic E-state index is 0.0474. The van der Waals surface area contributed by atoms with Gasteiger partial charge in [-0.25, -0.2) is 0 Å². The van der Waals surface area contributed by atoms with Gasteiger partial charge in [-0.3, -0.25) is 9.59 Å². The Morgan fingerprint density at radius 1 is 0.712 bits per heavy atom. The predicted octanol–water partition coefficient (Wildman–Crippen LogP) is 1.97. The number of aromatic hydroxyl groups is 6. The molecular formula is C36H30O16. The molecule has 0 aliphatic carbocycles. The molecule has 7 atom stereocenters. The van der Waals surface area contributed by atoms with Gasteiger partial charge in [0.2, 0.25) is 6.29 Å². The molecule has 1 fully saturated rings. The minimum Gasteiger partial charge on any atom is -0.508 e. The van der Waals surface area contributed by atoms with Gasteiger partial charge in [0.05, 0.1) is 18.1 Å². The summed E-state index contributed by atoms with van der Waals surface area (Å²) in [5.74, 6) is -6.19. The SMILES string of the molecule is O=C1c2c(O)cc(O)cc2OC(c2ccc(O)cc2)C1c1c(O)cc(O)c2c(=O)cc(-c3ccc(OC4OC(CO)C(O)C(O)C4O)c(O)c3)oc12. The van der Waals surface area contributed by atoms with Gasteiger partial charge >= 0.3 is 0 Å². The number of Topliss-reactive ketones (excluding diaryl/α,β-unsaturated/α-hetero) is 1. The van der Waals surface area contributed by atoms with Crippen molar-refractivity contribution >= 4 is 16.8 Å². The summed E-state index contributed by atoms with van der Waals surface area (Å²) >= 11 is 0. The first-order valence-corrected chi connectivity index (χ1v) is 15.7. The number of phenolic OH excluding ortho intramolecular Hbond substituents is 6. The van der Waals surface area contributed by atoms with Crippen molar-refractivity contribution in [2.24, 2.45) is 0 Å². The van der Waals surface area contributed by atoms with Crippen LogP contribution in [0.1, 0.15) is 33.5 Å². The Balaban J connectivity index is 1.35. The number of phenols is 6. The van der Waals surface area contributed by atoms with Crippen LogP contribution < -0.4 is 14.9 Å². The lowest BCUT2D eigenvalue weighted by atomic mass is 9.79. The molecule has 16 heteroatoms. The number of ether oxygens (including phenoxy) is 3. The van der Waals surface area contributed by atoms with E-state index in [1.165, 1.54) is 36.4 Å². The lowest BCUT2D eigenvalue weighted by Crippen LogP contribution is -2.60. The van der Waals surface area contributed by atoms with Crippen LogP contribution in [0.4, 0.5) is 0 Å². The van der Waals surface area contributed by atoms with Crippen LogP contribution in [0.5, 0.6) is 46.0 Å². The number of benzene rings is 4. The molecule has 7 unspecified atom stereocenters. The molecule has 0 bridgehead atoms. The Morgan fingerprint density at radius 2 is 1.44 bits per heavy atom. The molecule has 3 heterocycles. The molecule has 2 aliphatic heterocycles. The number of carbonyl (C=O) groups excluding carboxylic acids is 1. The maximum Gasteiger partial charge on any atom is 0.229 e. The first kappa shape index (κ1) is 34.4. The molecule has 1 saturated heterocycles. The zero-order valence-corrected chi connectivity index (χ0v) is 26.5. The number of fused-ring (bicyclic) bond motifs is 2. The monoisotopic (exact) mass is 718 g/mol. The van der Waals surface area contributed by atoms with Gasteiger partial charge in [-0.1, -0.05) is 12.1 Å². The van der Waals surface area contributed by atoms with Crippen molar-refractivity contribution < 1.29 is 74.5 Å². The van der Waals surface area contributed by atoms with Crippen molar-refractivity contribution in [1.29, 1.82) is 0 Å². The van der Waals surface area contributed by atoms with E-state index in [0.29, 0.717) is 5.56 Å². The summed E-state index contributed by atoms with van der Waals surface area (Å²) < 4.78 is 23.1. The fourth-order valence-corrected chi connectivity index (χ4v) is 6.46. The highest BCUT2D eigenvalue weighted by atomic mass is 16.7. The van der Waals surface area contributed by atoms with E-state index in [4.69, 9.17) is 18.6 Å². The second-order valence-electron chi connectivity index (χ2n) is 12.3. The predicted molar refractivity (Wildman–Crippen MR) is 176 cm³/mol. The largest absolute Gasteiger partial charge is 0.508 e. The lowest BCUT2D eigenvalue weighted by molar-refractivity contribution is -0.277. The summed E-state index contributed by atoms with van der Waals surface area (Å²) in [5.41, 5.74) is -1.60. The Kier molecular flexibility index (Phi) is 8.56. The number of hydrogen-bond donors (Lipinski definition) is 10. The molecule has 0 amide bonds. The third kappa shape index (κ3) is 5.73. The van der Waals surface area contributed by atoms with Crippen LogP contribution in [-0.4, -0.2) is 94.2 Å². The molecule has 4 aromatic carbocycles. The fraction of sp³-hybridized carbons (Fsp3) is 0.222. The van der Waals surface area contributed by atoms with Crippen molar-refractivity contribution in [3.63, 3.8) is 0 Å². The first-order chi connectivity index (χ1) is 24.8. The molecule has 1 aromatic heterocycles. The van der Waals surface area contributed by atoms with Crippen LogP contribution in [-0.2, 0) is 4.74 Å². The van der Waals surface area contributed by atoms with E-state index in [1.54, 1.807) is 0 Å². The lowest BCUT2D eigenvalue weighted by Gasteiger charge is -2.39. The normalized spacial score (nSPS) is 24.3. The third-order valence-corrected chi connectivity index (χ3v) is 9.02. The van der Waals surface area contributed by atoms with E-state index in [9.17, 15) is 60.7 Å². The maximum absolute atomic E-state index is 14.3. The number of carbonyl (C=O) groups is 1. The van der Waals surface area contributed by atoms with E-state index >= 15 is 0 Å². The summed E-state index contributed by atoms with van der Waals surface area (Å²) in [5, 5.41) is 103. The van der Waals surface area contributed by atoms with Crippen molar-refractivity contribution in [2.75, 3.05) is 6.61 Å². The average molecular weight is 719 g/mol. The van der Waals surface area contributed by atoms with Crippen molar-refractivity contribution in [1.82, 2.24) is 0 Å². The van der Waals surface area contributed by atoms with Gasteiger partial charge in [-0.05, 0) is 35.9 Å². The summed E-state index contributed by atoms with van der Waals surface area (Å²) in [6, 6.07) is 13.0. The number of rotatable bonds is 6. The van der Waals surface area contributed by atoms with Crippen LogP contribution in [0.3, 0.4) is 0 Å². The molecule has 0 saturated carbocycles. The molecular weight excluding hydrogens is 688 g/mol. The zero-order valence-electron chi connectivity index (χ0n) is 26.5. The Morgan fingerprint density at radius 3 is 2.13 bits per heavy atom. The van der Waals surface area contributed by atoms with Gasteiger partial charge in [0.15, 0.2) is 22.7 Å². The van der Waals surface area contributed by atoms with Crippen molar-refractivity contribution in [3.8, 4) is 57.3 Å². The molecule has 52 heavy (non-hydrogen) atoms. The van der Waals surface area contributed by atoms with E-state index in [0.717, 1.165) is 30.3 Å². The number of aliphatic hydroxyl groups excluding tert-OH is 4. The molecule has 0 radical (unpaired) electrons. The average Bonchev–Trinajstić information content (AvgIpc) is 3.09. The summed E-state index contributed by atoms with van der Waals surface area (Å²) in [6.45, 7) is -0.713. The second kappa shape index (κ2) is 12.9. The van der Waals surface area contributed by atoms with E-state index in [-0.39, 0.29) is 39.7 Å². The smallest absolute Gasteiger partial charge is 0.229 e. The quantitative estimate of drug-likeness (QED) is 0.120. The number of hydrogen-bond acceptors (Lipinski definition) is 16. The number of ketones is 1. The van der Waals surface area contributed by atoms with E-state index in [1.807, 2.05) is 0 Å². The standard InChI is InChI=1S/C36H30O16/c37-12-25-30(45)32(47)33(48)36(52-25)51-22-6-3-14(7-17(22)40)23-11-21(44)26-19(42)10-20(43)28(35(26)49-23)29-31(46)27-18(41)8-16(39)9-24(27)50-34(29)13-1-4-15(38)5-2-13/h1-11,25,29-30,32-34,36-43,45,47-48H,12H2. The minimum atomic E-state index is -1.77. The summed E-state index contributed by atoms with van der Waals surface area (Å²) in [6.07, 6.45) is -9.37. The molecule has 5 aromatic rings. The van der Waals surface area contributed by atoms with E-state index < -0.39 is 100 Å². The van der Waals surface area contributed by atoms with Crippen LogP contribution in [0.25, 0.3) is 22.3 Å². The first-order valence-electron chi connectivity index (χ1n) is 15.7. The third-order valence-electron chi connectivity index (χ3n) is 9.02. The summed E-state index contributed by atoms with van der Waals surface area (Å²) in [4.78, 5) is 27.8. The highest BCUT2D eigenvalue weighted by molar-refractivity contribution is 6.09. The molecule has 16 nitrogen and oxygen atoms in total. The Hall–Kier alpha value is -6.04. The van der Waals surface area contributed by atoms with Crippen LogP contribution >= 0.6 is 0 Å². The van der Waals surface area contributed by atoms with Crippen LogP contribution in [0.2, 0.25) is 0 Å². The zero-order chi connectivity index (χ0) is 37.2. The molecule has 270 valence electrons. The van der Waals surface area contributed by atoms with Crippen LogP contribution in [0, 0.1) is 0 Å². The topological polar surface area (TPSA) is 277 Å². The molecule has 0 spiro atoms. The van der Waals surface area contributed by atoms with Gasteiger partial charge in [-0.15, -0.1) is 0 Å². The fourth-order valence-electron chi connectivity index (χ4n) is 6.46. The van der Waals surface area contributed by atoms with Gasteiger partial charge in [-0.2, -0.15) is 0 Å². The second-order valence-corrected chi connectivity index (χ2v) is 12.3. The molecule has 2 aliphatic rings. The maximum atomic E-state index is 14.3. The summed E-state index contributed by atoms with van der Waals surface area (Å²) in [7, 11) is 0. The Bertz CT molecular complexity index is 2260.